The summed E-state index contributed by atoms with van der Waals surface area (Å²) in [6.45, 7) is 9.31. The summed E-state index contributed by atoms with van der Waals surface area (Å²) in [5, 5.41) is 12.7. The number of amides is 1. The van der Waals surface area contributed by atoms with Crippen molar-refractivity contribution in [1.29, 1.82) is 0 Å². The van der Waals surface area contributed by atoms with E-state index in [0.29, 0.717) is 6.54 Å². The first-order valence-electron chi connectivity index (χ1n) is 7.79. The van der Waals surface area contributed by atoms with Gasteiger partial charge in [-0.25, -0.2) is 0 Å². The van der Waals surface area contributed by atoms with Gasteiger partial charge in [-0.2, -0.15) is 0 Å². The molecule has 1 aliphatic carbocycles. The lowest BCUT2D eigenvalue weighted by atomic mass is 9.68. The van der Waals surface area contributed by atoms with Gasteiger partial charge >= 0.3 is 0 Å². The molecule has 0 bridgehead atoms. The highest BCUT2D eigenvalue weighted by atomic mass is 16.3. The van der Waals surface area contributed by atoms with Crippen LogP contribution in [0.3, 0.4) is 0 Å². The predicted molar refractivity (Wildman–Crippen MR) is 78.8 cm³/mol. The molecule has 1 saturated carbocycles. The number of nitrogens with one attached hydrogen (secondary N) is 1. The summed E-state index contributed by atoms with van der Waals surface area (Å²) in [7, 11) is 0. The van der Waals surface area contributed by atoms with Gasteiger partial charge in [-0.3, -0.25) is 4.79 Å². The van der Waals surface area contributed by atoms with Crippen LogP contribution in [-0.2, 0) is 4.79 Å². The first-order valence-corrected chi connectivity index (χ1v) is 7.79. The Morgan fingerprint density at radius 1 is 1.32 bits per heavy atom. The maximum atomic E-state index is 12.4. The van der Waals surface area contributed by atoms with Crippen molar-refractivity contribution in [1.82, 2.24) is 5.32 Å². The standard InChI is InChI=1S/C16H31NO2/c1-5-16(6-2,12-18)11-17-14(19)13-9-7-8-10-15(13,3)4/h13,18H,5-12H2,1-4H3,(H,17,19). The summed E-state index contributed by atoms with van der Waals surface area (Å²) in [5.41, 5.74) is -0.0306. The smallest absolute Gasteiger partial charge is 0.223 e. The zero-order valence-corrected chi connectivity index (χ0v) is 13.1. The van der Waals surface area contributed by atoms with Crippen LogP contribution in [0.1, 0.15) is 66.2 Å². The SMILES string of the molecule is CCC(CC)(CO)CNC(=O)C1CCCCC1(C)C. The van der Waals surface area contributed by atoms with Crippen LogP contribution in [0.5, 0.6) is 0 Å². The fourth-order valence-corrected chi connectivity index (χ4v) is 3.16. The molecule has 1 aliphatic rings. The number of rotatable bonds is 6. The molecule has 0 heterocycles. The lowest BCUT2D eigenvalue weighted by Crippen LogP contribution is -2.46. The van der Waals surface area contributed by atoms with Gasteiger partial charge in [-0.05, 0) is 31.1 Å². The fraction of sp³-hybridized carbons (Fsp3) is 0.938. The topological polar surface area (TPSA) is 49.3 Å². The third-order valence-electron chi connectivity index (χ3n) is 5.30. The first-order chi connectivity index (χ1) is 8.90. The number of aliphatic hydroxyl groups excluding tert-OH is 1. The van der Waals surface area contributed by atoms with Gasteiger partial charge in [0, 0.05) is 17.9 Å². The van der Waals surface area contributed by atoms with Gasteiger partial charge in [0.05, 0.1) is 6.61 Å². The van der Waals surface area contributed by atoms with Crippen LogP contribution in [0.2, 0.25) is 0 Å². The second kappa shape index (κ2) is 6.74. The molecule has 0 aromatic rings. The summed E-state index contributed by atoms with van der Waals surface area (Å²) in [4.78, 5) is 12.4. The Labute approximate surface area is 118 Å². The maximum absolute atomic E-state index is 12.4. The summed E-state index contributed by atoms with van der Waals surface area (Å²) >= 11 is 0. The highest BCUT2D eigenvalue weighted by Gasteiger charge is 2.37. The van der Waals surface area contributed by atoms with Crippen LogP contribution in [0, 0.1) is 16.7 Å². The van der Waals surface area contributed by atoms with Crippen LogP contribution in [-0.4, -0.2) is 24.2 Å². The van der Waals surface area contributed by atoms with E-state index in [0.717, 1.165) is 32.1 Å². The molecule has 2 N–H and O–H groups in total. The second-order valence-electron chi connectivity index (χ2n) is 6.87. The van der Waals surface area contributed by atoms with Crippen molar-refractivity contribution in [2.45, 2.75) is 66.2 Å². The molecule has 0 spiro atoms. The summed E-state index contributed by atoms with van der Waals surface area (Å²) in [6, 6.07) is 0. The van der Waals surface area contributed by atoms with E-state index < -0.39 is 0 Å². The van der Waals surface area contributed by atoms with Crippen LogP contribution in [0.25, 0.3) is 0 Å². The molecule has 0 aromatic carbocycles. The Kier molecular flexibility index (Phi) is 5.84. The largest absolute Gasteiger partial charge is 0.396 e. The zero-order chi connectivity index (χ0) is 14.5. The van der Waals surface area contributed by atoms with E-state index in [1.165, 1.54) is 6.42 Å². The fourth-order valence-electron chi connectivity index (χ4n) is 3.16. The van der Waals surface area contributed by atoms with Crippen molar-refractivity contribution in [2.75, 3.05) is 13.2 Å². The molecular formula is C16H31NO2. The van der Waals surface area contributed by atoms with Crippen molar-refractivity contribution in [3.05, 3.63) is 0 Å². The lowest BCUT2D eigenvalue weighted by Gasteiger charge is -2.38. The molecule has 0 aliphatic heterocycles. The molecule has 1 fully saturated rings. The number of carbonyl (C=O) groups excluding carboxylic acids is 1. The van der Waals surface area contributed by atoms with Crippen molar-refractivity contribution in [2.24, 2.45) is 16.7 Å². The summed E-state index contributed by atoms with van der Waals surface area (Å²) < 4.78 is 0. The second-order valence-corrected chi connectivity index (χ2v) is 6.87. The molecule has 3 heteroatoms. The number of hydrogen-bond acceptors (Lipinski definition) is 2. The number of carbonyl (C=O) groups is 1. The van der Waals surface area contributed by atoms with Crippen molar-refractivity contribution >= 4 is 5.91 Å². The summed E-state index contributed by atoms with van der Waals surface area (Å²) in [6.07, 6.45) is 6.33. The molecule has 112 valence electrons. The Morgan fingerprint density at radius 3 is 2.42 bits per heavy atom. The Bertz CT molecular complexity index is 287. The minimum Gasteiger partial charge on any atom is -0.396 e. The molecule has 1 amide bonds. The van der Waals surface area contributed by atoms with E-state index in [4.69, 9.17) is 0 Å². The molecule has 19 heavy (non-hydrogen) atoms. The molecule has 0 saturated heterocycles. The number of hydrogen-bond donors (Lipinski definition) is 2. The van der Waals surface area contributed by atoms with E-state index in [9.17, 15) is 9.90 Å². The van der Waals surface area contributed by atoms with E-state index in [1.54, 1.807) is 0 Å². The van der Waals surface area contributed by atoms with Crippen molar-refractivity contribution in [3.63, 3.8) is 0 Å². The molecule has 1 rings (SSSR count). The van der Waals surface area contributed by atoms with Crippen LogP contribution in [0.15, 0.2) is 0 Å². The van der Waals surface area contributed by atoms with Crippen LogP contribution in [0.4, 0.5) is 0 Å². The minimum atomic E-state index is -0.144. The highest BCUT2D eigenvalue weighted by molar-refractivity contribution is 5.79. The van der Waals surface area contributed by atoms with E-state index in [1.807, 2.05) is 0 Å². The third kappa shape index (κ3) is 3.95. The monoisotopic (exact) mass is 269 g/mol. The molecular weight excluding hydrogens is 238 g/mol. The van der Waals surface area contributed by atoms with Crippen LogP contribution < -0.4 is 5.32 Å². The van der Waals surface area contributed by atoms with Gasteiger partial charge in [0.25, 0.3) is 0 Å². The van der Waals surface area contributed by atoms with Crippen molar-refractivity contribution < 1.29 is 9.90 Å². The van der Waals surface area contributed by atoms with Gasteiger partial charge in [0.2, 0.25) is 5.91 Å². The van der Waals surface area contributed by atoms with Gasteiger partial charge in [0.1, 0.15) is 0 Å². The minimum absolute atomic E-state index is 0.114. The predicted octanol–water partition coefficient (Wildman–Crippen LogP) is 3.12. The molecule has 1 atom stereocenters. The quantitative estimate of drug-likeness (QED) is 0.778. The molecule has 0 radical (unpaired) electrons. The average molecular weight is 269 g/mol. The van der Waals surface area contributed by atoms with Crippen LogP contribution >= 0.6 is 0 Å². The first kappa shape index (κ1) is 16.5. The zero-order valence-electron chi connectivity index (χ0n) is 13.1. The number of aliphatic hydroxyl groups is 1. The third-order valence-corrected chi connectivity index (χ3v) is 5.30. The van der Waals surface area contributed by atoms with Gasteiger partial charge in [0.15, 0.2) is 0 Å². The average Bonchev–Trinajstić information content (AvgIpc) is 2.40. The van der Waals surface area contributed by atoms with E-state index in [-0.39, 0.29) is 29.3 Å². The van der Waals surface area contributed by atoms with Gasteiger partial charge in [-0.1, -0.05) is 40.5 Å². The van der Waals surface area contributed by atoms with E-state index in [2.05, 4.69) is 33.0 Å². The van der Waals surface area contributed by atoms with E-state index >= 15 is 0 Å². The molecule has 0 aromatic heterocycles. The highest BCUT2D eigenvalue weighted by Crippen LogP contribution is 2.40. The lowest BCUT2D eigenvalue weighted by molar-refractivity contribution is -0.131. The van der Waals surface area contributed by atoms with Gasteiger partial charge < -0.3 is 10.4 Å². The summed E-state index contributed by atoms with van der Waals surface area (Å²) in [5.74, 6) is 0.316. The van der Waals surface area contributed by atoms with Gasteiger partial charge in [-0.15, -0.1) is 0 Å². The Morgan fingerprint density at radius 2 is 1.95 bits per heavy atom. The Hall–Kier alpha value is -0.570. The Balaban J connectivity index is 2.59. The molecule has 1 unspecified atom stereocenters. The molecule has 3 nitrogen and oxygen atoms in total. The maximum Gasteiger partial charge on any atom is 0.223 e. The van der Waals surface area contributed by atoms with Crippen molar-refractivity contribution in [3.8, 4) is 0 Å². The normalized spacial score (nSPS) is 23.1.